The molecule has 0 saturated heterocycles. The van der Waals surface area contributed by atoms with Gasteiger partial charge in [-0.05, 0) is 89.5 Å². The molecule has 0 aliphatic rings. The van der Waals surface area contributed by atoms with Crippen LogP contribution >= 0.6 is 7.82 Å². The molecule has 0 aliphatic heterocycles. The van der Waals surface area contributed by atoms with Crippen LogP contribution in [0.2, 0.25) is 0 Å². The number of nitrogens with one attached hydrogen (secondary N) is 1. The Labute approximate surface area is 426 Å². The monoisotopic (exact) mass is 989 g/mol. The Kier molecular flexibility index (Phi) is 47.7. The number of phosphoric ester groups is 1. The van der Waals surface area contributed by atoms with Gasteiger partial charge in [-0.15, -0.1) is 0 Å². The third-order valence-electron chi connectivity index (χ3n) is 12.4. The summed E-state index contributed by atoms with van der Waals surface area (Å²) in [5.41, 5.74) is 0. The average Bonchev–Trinajstić information content (AvgIpc) is 3.31. The van der Waals surface area contributed by atoms with E-state index in [-0.39, 0.29) is 24.9 Å². The Morgan fingerprint density at radius 2 is 0.928 bits per heavy atom. The molecular formula is C59H109N2O7P. The van der Waals surface area contributed by atoms with E-state index >= 15 is 0 Å². The van der Waals surface area contributed by atoms with Crippen LogP contribution in [0.3, 0.4) is 0 Å². The molecule has 0 rings (SSSR count). The first kappa shape index (κ1) is 66.7. The number of likely N-dealkylation sites (N-methyl/N-ethyl adjacent to an activating group) is 1. The first-order valence-electron chi connectivity index (χ1n) is 28.6. The Morgan fingerprint density at radius 1 is 0.522 bits per heavy atom. The number of allylic oxidation sites excluding steroid dienone is 9. The molecule has 0 fully saturated rings. The number of phosphoric acid groups is 1. The van der Waals surface area contributed by atoms with Crippen LogP contribution in [0.15, 0.2) is 60.8 Å². The van der Waals surface area contributed by atoms with Crippen LogP contribution in [0.25, 0.3) is 0 Å². The molecule has 0 radical (unpaired) electrons. The number of amides is 1. The molecule has 3 unspecified atom stereocenters. The predicted molar refractivity (Wildman–Crippen MR) is 293 cm³/mol. The van der Waals surface area contributed by atoms with Gasteiger partial charge in [0.25, 0.3) is 7.82 Å². The van der Waals surface area contributed by atoms with E-state index in [4.69, 9.17) is 13.8 Å². The van der Waals surface area contributed by atoms with Crippen LogP contribution in [0.5, 0.6) is 0 Å². The van der Waals surface area contributed by atoms with Gasteiger partial charge in [-0.3, -0.25) is 14.2 Å². The lowest BCUT2D eigenvalue weighted by Crippen LogP contribution is -2.47. The van der Waals surface area contributed by atoms with E-state index in [1.165, 1.54) is 109 Å². The molecule has 0 aliphatic carbocycles. The lowest BCUT2D eigenvalue weighted by Gasteiger charge is -2.30. The van der Waals surface area contributed by atoms with E-state index in [9.17, 15) is 19.0 Å². The molecule has 0 aromatic heterocycles. The van der Waals surface area contributed by atoms with E-state index in [0.717, 1.165) is 109 Å². The third-order valence-corrected chi connectivity index (χ3v) is 13.4. The van der Waals surface area contributed by atoms with Gasteiger partial charge >= 0.3 is 5.97 Å². The van der Waals surface area contributed by atoms with Gasteiger partial charge in [0.15, 0.2) is 0 Å². The molecule has 0 spiro atoms. The first-order chi connectivity index (χ1) is 33.4. The Bertz CT molecular complexity index is 1370. The van der Waals surface area contributed by atoms with Crippen molar-refractivity contribution < 1.29 is 37.3 Å². The van der Waals surface area contributed by atoms with Gasteiger partial charge in [0.1, 0.15) is 19.3 Å². The van der Waals surface area contributed by atoms with Gasteiger partial charge in [-0.25, -0.2) is 0 Å². The van der Waals surface area contributed by atoms with Crippen LogP contribution in [-0.4, -0.2) is 69.4 Å². The number of unbranched alkanes of at least 4 members (excludes halogenated alkanes) is 28. The van der Waals surface area contributed by atoms with Crippen molar-refractivity contribution in [3.05, 3.63) is 60.8 Å². The topological polar surface area (TPSA) is 114 Å². The number of rotatable bonds is 51. The number of esters is 1. The van der Waals surface area contributed by atoms with Gasteiger partial charge in [0.05, 0.1) is 33.8 Å². The van der Waals surface area contributed by atoms with Gasteiger partial charge < -0.3 is 28.5 Å². The fourth-order valence-corrected chi connectivity index (χ4v) is 8.68. The molecule has 3 atom stereocenters. The maximum Gasteiger partial charge on any atom is 0.306 e. The van der Waals surface area contributed by atoms with Crippen LogP contribution in [0.1, 0.15) is 252 Å². The standard InChI is InChI=1S/C59H109N2O7P/c1-7-10-13-16-19-22-25-27-29-30-32-34-37-40-43-46-49-52-59(63)68-57(50-47-44-41-38-35-24-21-18-15-12-9-3)56(55-67-69(64,65)66-54-53-61(4,5)6)60-58(62)51-48-45-42-39-36-33-31-28-26-23-20-17-14-11-8-2/h19-20,22-23,26-29,47,50,56-57H,7-18,21,24-25,30-46,48-49,51-55H2,1-6H3,(H-,60,62,64,65)/b22-19-,23-20+,28-26+,29-27-,50-47+. The van der Waals surface area contributed by atoms with Crippen molar-refractivity contribution in [3.63, 3.8) is 0 Å². The molecule has 10 heteroatoms. The van der Waals surface area contributed by atoms with E-state index in [0.29, 0.717) is 17.4 Å². The number of hydrogen-bond donors (Lipinski definition) is 1. The largest absolute Gasteiger partial charge is 0.756 e. The van der Waals surface area contributed by atoms with Crippen molar-refractivity contribution >= 4 is 19.7 Å². The number of nitrogens with zero attached hydrogens (tertiary/aromatic N) is 1. The summed E-state index contributed by atoms with van der Waals surface area (Å²) in [5.74, 6) is -0.564. The summed E-state index contributed by atoms with van der Waals surface area (Å²) in [7, 11) is 1.17. The summed E-state index contributed by atoms with van der Waals surface area (Å²) >= 11 is 0. The van der Waals surface area contributed by atoms with Crippen molar-refractivity contribution in [2.24, 2.45) is 0 Å². The highest BCUT2D eigenvalue weighted by Gasteiger charge is 2.27. The fourth-order valence-electron chi connectivity index (χ4n) is 7.95. The van der Waals surface area contributed by atoms with Crippen LogP contribution in [0.4, 0.5) is 0 Å². The minimum Gasteiger partial charge on any atom is -0.756 e. The molecule has 0 aromatic carbocycles. The second-order valence-electron chi connectivity index (χ2n) is 20.5. The minimum atomic E-state index is -4.70. The Balaban J connectivity index is 5.35. The normalized spacial score (nSPS) is 14.2. The number of carbonyl (C=O) groups is 2. The smallest absolute Gasteiger partial charge is 0.306 e. The summed E-state index contributed by atoms with van der Waals surface area (Å²) in [4.78, 5) is 39.8. The van der Waals surface area contributed by atoms with Gasteiger partial charge in [0, 0.05) is 12.8 Å². The fraction of sp³-hybridized carbons (Fsp3) is 0.797. The molecule has 9 nitrogen and oxygen atoms in total. The average molecular weight is 990 g/mol. The third kappa shape index (κ3) is 50.4. The van der Waals surface area contributed by atoms with Crippen LogP contribution < -0.4 is 10.2 Å². The van der Waals surface area contributed by atoms with E-state index in [2.05, 4.69) is 74.7 Å². The van der Waals surface area contributed by atoms with Gasteiger partial charge in [-0.1, -0.05) is 210 Å². The maximum atomic E-state index is 13.5. The maximum absolute atomic E-state index is 13.5. The zero-order valence-corrected chi connectivity index (χ0v) is 46.7. The molecule has 69 heavy (non-hydrogen) atoms. The Hall–Kier alpha value is -2.29. The van der Waals surface area contributed by atoms with E-state index < -0.39 is 26.6 Å². The zero-order valence-electron chi connectivity index (χ0n) is 45.8. The van der Waals surface area contributed by atoms with Gasteiger partial charge in [-0.2, -0.15) is 0 Å². The summed E-state index contributed by atoms with van der Waals surface area (Å²) < 4.78 is 30.2. The molecule has 1 N–H and O–H groups in total. The van der Waals surface area contributed by atoms with Crippen molar-refractivity contribution in [2.45, 2.75) is 264 Å². The zero-order chi connectivity index (χ0) is 50.8. The molecular weight excluding hydrogens is 880 g/mol. The van der Waals surface area contributed by atoms with Crippen molar-refractivity contribution in [1.29, 1.82) is 0 Å². The molecule has 0 saturated carbocycles. The summed E-state index contributed by atoms with van der Waals surface area (Å²) in [6.45, 7) is 6.76. The van der Waals surface area contributed by atoms with E-state index in [1.807, 2.05) is 33.3 Å². The molecule has 0 aromatic rings. The summed E-state index contributed by atoms with van der Waals surface area (Å²) in [6, 6.07) is -0.897. The molecule has 0 bridgehead atoms. The molecule has 1 amide bonds. The number of quaternary nitrogens is 1. The minimum absolute atomic E-state index is 0.0275. The highest BCUT2D eigenvalue weighted by atomic mass is 31.2. The van der Waals surface area contributed by atoms with Crippen molar-refractivity contribution in [3.8, 4) is 0 Å². The second-order valence-corrected chi connectivity index (χ2v) is 21.9. The van der Waals surface area contributed by atoms with Crippen LogP contribution in [0, 0.1) is 0 Å². The number of hydrogen-bond acceptors (Lipinski definition) is 7. The summed E-state index contributed by atoms with van der Waals surface area (Å²) in [6.07, 6.45) is 60.3. The SMILES string of the molecule is CCCCC/C=C\C/C=C\CCCCCCCCCC(=O)OC(/C=C/CCCCCCCCCCC)C(COP(=O)([O-])OCC[N+](C)(C)C)NC(=O)CCCCCCCC/C=C/C=C/CCCCC. The van der Waals surface area contributed by atoms with Crippen LogP contribution in [-0.2, 0) is 27.9 Å². The van der Waals surface area contributed by atoms with E-state index in [1.54, 1.807) is 0 Å². The quantitative estimate of drug-likeness (QED) is 0.0161. The highest BCUT2D eigenvalue weighted by molar-refractivity contribution is 7.45. The van der Waals surface area contributed by atoms with Crippen molar-refractivity contribution in [2.75, 3.05) is 40.9 Å². The lowest BCUT2D eigenvalue weighted by atomic mass is 10.1. The lowest BCUT2D eigenvalue weighted by molar-refractivity contribution is -0.870. The van der Waals surface area contributed by atoms with Crippen molar-refractivity contribution in [1.82, 2.24) is 5.32 Å². The summed E-state index contributed by atoms with van der Waals surface area (Å²) in [5, 5.41) is 3.01. The predicted octanol–water partition coefficient (Wildman–Crippen LogP) is 16.5. The Morgan fingerprint density at radius 3 is 1.42 bits per heavy atom. The second kappa shape index (κ2) is 49.3. The number of ether oxygens (including phenoxy) is 1. The number of carbonyl (C=O) groups excluding carboxylic acids is 2. The highest BCUT2D eigenvalue weighted by Crippen LogP contribution is 2.38. The first-order valence-corrected chi connectivity index (χ1v) is 30.1. The van der Waals surface area contributed by atoms with Gasteiger partial charge in [0.2, 0.25) is 5.91 Å². The molecule has 402 valence electrons. The molecule has 0 heterocycles.